The monoisotopic (exact) mass is 173 g/mol. The van der Waals surface area contributed by atoms with Crippen LogP contribution >= 0.6 is 0 Å². The second-order valence-corrected chi connectivity index (χ2v) is 2.86. The van der Waals surface area contributed by atoms with Gasteiger partial charge in [-0.25, -0.2) is 0 Å². The van der Waals surface area contributed by atoms with Gasteiger partial charge in [0, 0.05) is 22.4 Å². The Labute approximate surface area is 75.1 Å². The van der Waals surface area contributed by atoms with Crippen molar-refractivity contribution in [1.29, 1.82) is 0 Å². The normalized spacial score (nSPS) is 13.8. The van der Waals surface area contributed by atoms with E-state index < -0.39 is 0 Å². The zero-order chi connectivity index (χ0) is 9.42. The van der Waals surface area contributed by atoms with Crippen LogP contribution in [-0.4, -0.2) is 12.2 Å². The van der Waals surface area contributed by atoms with Crippen LogP contribution in [0, 0.1) is 0 Å². The summed E-state index contributed by atoms with van der Waals surface area (Å²) in [6.07, 6.45) is 0.717. The Balaban J connectivity index is 2.64. The van der Waals surface area contributed by atoms with Crippen LogP contribution in [0.4, 0.5) is 0 Å². The summed E-state index contributed by atoms with van der Waals surface area (Å²) in [5, 5.41) is 2.58. The molecule has 0 saturated heterocycles. The van der Waals surface area contributed by atoms with Gasteiger partial charge >= 0.3 is 0 Å². The molecule has 64 valence electrons. The van der Waals surface area contributed by atoms with Crippen LogP contribution in [0.15, 0.2) is 24.8 Å². The van der Waals surface area contributed by atoms with Crippen molar-refractivity contribution in [2.45, 2.75) is 0 Å². The SMILES string of the molecule is C=C1NC(=O)c2cc(C=O)ccc21. The molecule has 0 spiro atoms. The highest BCUT2D eigenvalue weighted by molar-refractivity contribution is 6.09. The van der Waals surface area contributed by atoms with Gasteiger partial charge in [-0.2, -0.15) is 0 Å². The smallest absolute Gasteiger partial charge is 0.256 e. The molecule has 0 bridgehead atoms. The second-order valence-electron chi connectivity index (χ2n) is 2.86. The molecule has 1 aliphatic rings. The molecule has 0 aromatic heterocycles. The third kappa shape index (κ3) is 1.05. The first kappa shape index (κ1) is 7.73. The molecule has 0 fully saturated rings. The number of amides is 1. The van der Waals surface area contributed by atoms with Gasteiger partial charge in [-0.3, -0.25) is 9.59 Å². The minimum atomic E-state index is -0.191. The molecule has 13 heavy (non-hydrogen) atoms. The molecule has 0 unspecified atom stereocenters. The summed E-state index contributed by atoms with van der Waals surface area (Å²) in [7, 11) is 0. The van der Waals surface area contributed by atoms with E-state index in [0.717, 1.165) is 5.56 Å². The third-order valence-electron chi connectivity index (χ3n) is 2.01. The van der Waals surface area contributed by atoms with Gasteiger partial charge in [0.1, 0.15) is 6.29 Å². The van der Waals surface area contributed by atoms with E-state index in [0.29, 0.717) is 23.1 Å². The molecule has 1 aromatic carbocycles. The highest BCUT2D eigenvalue weighted by atomic mass is 16.2. The number of hydrogen-bond donors (Lipinski definition) is 1. The topological polar surface area (TPSA) is 46.2 Å². The minimum Gasteiger partial charge on any atom is -0.322 e. The molecule has 0 saturated carbocycles. The summed E-state index contributed by atoms with van der Waals surface area (Å²) in [5.41, 5.74) is 2.39. The number of aldehydes is 1. The maximum Gasteiger partial charge on any atom is 0.256 e. The second kappa shape index (κ2) is 2.55. The predicted octanol–water partition coefficient (Wildman–Crippen LogP) is 1.21. The summed E-state index contributed by atoms with van der Waals surface area (Å²) in [5.74, 6) is -0.191. The first-order valence-electron chi connectivity index (χ1n) is 3.82. The van der Waals surface area contributed by atoms with Gasteiger partial charge in [0.25, 0.3) is 5.91 Å². The van der Waals surface area contributed by atoms with Gasteiger partial charge in [-0.1, -0.05) is 18.7 Å². The quantitative estimate of drug-likeness (QED) is 0.649. The lowest BCUT2D eigenvalue weighted by molar-refractivity contribution is 0.0981. The summed E-state index contributed by atoms with van der Waals surface area (Å²) in [6, 6.07) is 4.95. The lowest BCUT2D eigenvalue weighted by Crippen LogP contribution is -2.11. The van der Waals surface area contributed by atoms with Crippen LogP contribution in [0.5, 0.6) is 0 Å². The van der Waals surface area contributed by atoms with Crippen LogP contribution in [0.25, 0.3) is 5.70 Å². The van der Waals surface area contributed by atoms with Crippen LogP contribution in [0.2, 0.25) is 0 Å². The van der Waals surface area contributed by atoms with Gasteiger partial charge in [0.15, 0.2) is 0 Å². The van der Waals surface area contributed by atoms with E-state index in [9.17, 15) is 9.59 Å². The zero-order valence-electron chi connectivity index (χ0n) is 6.83. The largest absolute Gasteiger partial charge is 0.322 e. The fraction of sp³-hybridized carbons (Fsp3) is 0. The molecule has 0 radical (unpaired) electrons. The van der Waals surface area contributed by atoms with E-state index in [2.05, 4.69) is 11.9 Å². The van der Waals surface area contributed by atoms with Crippen molar-refractivity contribution < 1.29 is 9.59 Å². The number of carbonyl (C=O) groups is 2. The number of hydrogen-bond acceptors (Lipinski definition) is 2. The Morgan fingerprint density at radius 3 is 2.77 bits per heavy atom. The van der Waals surface area contributed by atoms with E-state index in [1.54, 1.807) is 18.2 Å². The maximum atomic E-state index is 11.3. The standard InChI is InChI=1S/C10H7NO2/c1-6-8-3-2-7(5-12)4-9(8)10(13)11-6/h2-5H,1H2,(H,11,13). The van der Waals surface area contributed by atoms with Crippen molar-refractivity contribution in [3.8, 4) is 0 Å². The molecule has 0 atom stereocenters. The van der Waals surface area contributed by atoms with Crippen molar-refractivity contribution in [3.63, 3.8) is 0 Å². The molecular weight excluding hydrogens is 166 g/mol. The molecule has 1 heterocycles. The molecule has 0 aliphatic carbocycles. The van der Waals surface area contributed by atoms with Crippen LogP contribution < -0.4 is 5.32 Å². The number of benzene rings is 1. The molecule has 1 aromatic rings. The molecule has 1 aliphatic heterocycles. The van der Waals surface area contributed by atoms with E-state index in [1.807, 2.05) is 0 Å². The fourth-order valence-electron chi connectivity index (χ4n) is 1.36. The Kier molecular flexibility index (Phi) is 1.52. The van der Waals surface area contributed by atoms with Crippen LogP contribution in [0.1, 0.15) is 26.3 Å². The summed E-state index contributed by atoms with van der Waals surface area (Å²) in [4.78, 5) is 21.7. The van der Waals surface area contributed by atoms with E-state index in [-0.39, 0.29) is 5.91 Å². The number of fused-ring (bicyclic) bond motifs is 1. The average molecular weight is 173 g/mol. The lowest BCUT2D eigenvalue weighted by atomic mass is 10.1. The molecule has 3 nitrogen and oxygen atoms in total. The maximum absolute atomic E-state index is 11.3. The Morgan fingerprint density at radius 1 is 1.31 bits per heavy atom. The van der Waals surface area contributed by atoms with Crippen LogP contribution in [-0.2, 0) is 0 Å². The Hall–Kier alpha value is -1.90. The van der Waals surface area contributed by atoms with Crippen LogP contribution in [0.3, 0.4) is 0 Å². The Bertz CT molecular complexity index is 421. The van der Waals surface area contributed by atoms with E-state index >= 15 is 0 Å². The first-order valence-corrected chi connectivity index (χ1v) is 3.82. The van der Waals surface area contributed by atoms with Crippen molar-refractivity contribution in [2.24, 2.45) is 0 Å². The van der Waals surface area contributed by atoms with Crippen molar-refractivity contribution in [3.05, 3.63) is 41.5 Å². The van der Waals surface area contributed by atoms with Gasteiger partial charge in [-0.05, 0) is 6.07 Å². The van der Waals surface area contributed by atoms with E-state index in [4.69, 9.17) is 0 Å². The molecule has 3 heteroatoms. The number of rotatable bonds is 1. The molecule has 1 amide bonds. The van der Waals surface area contributed by atoms with Gasteiger partial charge in [-0.15, -0.1) is 0 Å². The van der Waals surface area contributed by atoms with E-state index in [1.165, 1.54) is 0 Å². The third-order valence-corrected chi connectivity index (χ3v) is 2.01. The summed E-state index contributed by atoms with van der Waals surface area (Å²) in [6.45, 7) is 3.68. The lowest BCUT2D eigenvalue weighted by Gasteiger charge is -1.95. The molecule has 1 N–H and O–H groups in total. The molecule has 2 rings (SSSR count). The fourth-order valence-corrected chi connectivity index (χ4v) is 1.36. The zero-order valence-corrected chi connectivity index (χ0v) is 6.83. The van der Waals surface area contributed by atoms with Crippen molar-refractivity contribution in [2.75, 3.05) is 0 Å². The highest BCUT2D eigenvalue weighted by Gasteiger charge is 2.21. The van der Waals surface area contributed by atoms with Gasteiger partial charge in [0.05, 0.1) is 0 Å². The highest BCUT2D eigenvalue weighted by Crippen LogP contribution is 2.23. The minimum absolute atomic E-state index is 0.191. The Morgan fingerprint density at radius 2 is 2.08 bits per heavy atom. The number of nitrogens with one attached hydrogen (secondary N) is 1. The summed E-state index contributed by atoms with van der Waals surface area (Å²) >= 11 is 0. The van der Waals surface area contributed by atoms with Crippen molar-refractivity contribution >= 4 is 17.9 Å². The summed E-state index contributed by atoms with van der Waals surface area (Å²) < 4.78 is 0. The van der Waals surface area contributed by atoms with Gasteiger partial charge in [0.2, 0.25) is 0 Å². The number of carbonyl (C=O) groups excluding carboxylic acids is 2. The predicted molar refractivity (Wildman–Crippen MR) is 48.3 cm³/mol. The van der Waals surface area contributed by atoms with Gasteiger partial charge < -0.3 is 5.32 Å². The molecular formula is C10H7NO2. The van der Waals surface area contributed by atoms with Crippen molar-refractivity contribution in [1.82, 2.24) is 5.32 Å². The first-order chi connectivity index (χ1) is 6.22. The average Bonchev–Trinajstić information content (AvgIpc) is 2.42.